The van der Waals surface area contributed by atoms with Crippen LogP contribution in [0.4, 0.5) is 8.78 Å². The Kier molecular flexibility index (Phi) is 3.93. The molecule has 0 spiro atoms. The van der Waals surface area contributed by atoms with Gasteiger partial charge in [-0.3, -0.25) is 0 Å². The van der Waals surface area contributed by atoms with Crippen molar-refractivity contribution in [3.8, 4) is 0 Å². The van der Waals surface area contributed by atoms with Crippen LogP contribution in [-0.4, -0.2) is 17.8 Å². The fraction of sp³-hybridized carbons (Fsp3) is 0.684. The van der Waals surface area contributed by atoms with Gasteiger partial charge in [-0.1, -0.05) is 18.9 Å². The van der Waals surface area contributed by atoms with Crippen LogP contribution in [-0.2, 0) is 16.1 Å². The smallest absolute Gasteiger partial charge is 0.131 e. The number of hydrogen-bond acceptors (Lipinski definition) is 2. The first kappa shape index (κ1) is 15.5. The van der Waals surface area contributed by atoms with Crippen molar-refractivity contribution in [2.45, 2.75) is 69.9 Å². The van der Waals surface area contributed by atoms with Gasteiger partial charge in [0.15, 0.2) is 0 Å². The van der Waals surface area contributed by atoms with E-state index in [0.29, 0.717) is 12.0 Å². The van der Waals surface area contributed by atoms with Crippen LogP contribution in [0.15, 0.2) is 18.2 Å². The maximum atomic E-state index is 13.8. The van der Waals surface area contributed by atoms with Gasteiger partial charge in [0.05, 0.1) is 24.4 Å². The average Bonchev–Trinajstić information content (AvgIpc) is 2.64. The normalized spacial score (nSPS) is 39.3. The summed E-state index contributed by atoms with van der Waals surface area (Å²) in [6, 6.07) is 3.94. The van der Waals surface area contributed by atoms with Crippen LogP contribution in [0.2, 0.25) is 0 Å². The van der Waals surface area contributed by atoms with E-state index < -0.39 is 11.6 Å². The van der Waals surface area contributed by atoms with Crippen LogP contribution >= 0.6 is 0 Å². The van der Waals surface area contributed by atoms with E-state index in [4.69, 9.17) is 9.47 Å². The third-order valence-corrected chi connectivity index (χ3v) is 6.14. The van der Waals surface area contributed by atoms with E-state index in [1.54, 1.807) is 0 Å². The van der Waals surface area contributed by atoms with E-state index in [-0.39, 0.29) is 23.9 Å². The molecule has 2 aliphatic heterocycles. The van der Waals surface area contributed by atoms with Crippen molar-refractivity contribution in [3.63, 3.8) is 0 Å². The molecule has 5 rings (SSSR count). The fourth-order valence-corrected chi connectivity index (χ4v) is 4.94. The first-order chi connectivity index (χ1) is 11.1. The second-order valence-corrected chi connectivity index (χ2v) is 7.62. The first-order valence-electron chi connectivity index (χ1n) is 8.79. The number of hydrogen-bond donors (Lipinski definition) is 0. The Hall–Kier alpha value is -1.00. The number of benzene rings is 1. The largest absolute Gasteiger partial charge is 0.370 e. The Morgan fingerprint density at radius 1 is 1.22 bits per heavy atom. The van der Waals surface area contributed by atoms with Crippen LogP contribution < -0.4 is 0 Å². The summed E-state index contributed by atoms with van der Waals surface area (Å²) in [5, 5.41) is 0. The quantitative estimate of drug-likeness (QED) is 0.809. The minimum Gasteiger partial charge on any atom is -0.370 e. The molecule has 4 fully saturated rings. The Balaban J connectivity index is 1.49. The molecule has 0 amide bonds. The maximum absolute atomic E-state index is 13.8. The third-order valence-electron chi connectivity index (χ3n) is 6.14. The van der Waals surface area contributed by atoms with Gasteiger partial charge in [-0.15, -0.1) is 0 Å². The van der Waals surface area contributed by atoms with Crippen molar-refractivity contribution < 1.29 is 18.3 Å². The zero-order chi connectivity index (χ0) is 16.0. The summed E-state index contributed by atoms with van der Waals surface area (Å²) in [6.45, 7) is 2.10. The molecular weight excluding hydrogens is 298 g/mol. The molecule has 0 radical (unpaired) electrons. The highest BCUT2D eigenvalue weighted by Crippen LogP contribution is 2.53. The maximum Gasteiger partial charge on any atom is 0.131 e. The molecule has 2 heterocycles. The Bertz CT molecular complexity index is 552. The van der Waals surface area contributed by atoms with Gasteiger partial charge in [0.25, 0.3) is 0 Å². The third kappa shape index (κ3) is 2.70. The summed E-state index contributed by atoms with van der Waals surface area (Å²) in [4.78, 5) is 0. The molecule has 1 unspecified atom stereocenters. The molecule has 126 valence electrons. The first-order valence-corrected chi connectivity index (χ1v) is 8.79. The number of rotatable bonds is 3. The Morgan fingerprint density at radius 3 is 2.70 bits per heavy atom. The van der Waals surface area contributed by atoms with E-state index >= 15 is 0 Å². The SMILES string of the molecule is C[C@@]12C[C@H]3CCCC[C@@H](O1)C3C[C@@H]2OCc1c(F)cccc1F. The molecule has 2 saturated heterocycles. The van der Waals surface area contributed by atoms with Gasteiger partial charge < -0.3 is 9.47 Å². The van der Waals surface area contributed by atoms with Crippen LogP contribution in [0.1, 0.15) is 51.0 Å². The van der Waals surface area contributed by atoms with Crippen molar-refractivity contribution in [3.05, 3.63) is 35.4 Å². The lowest BCUT2D eigenvalue weighted by molar-refractivity contribution is -0.267. The zero-order valence-electron chi connectivity index (χ0n) is 13.6. The van der Waals surface area contributed by atoms with Gasteiger partial charge >= 0.3 is 0 Å². The molecule has 5 atom stereocenters. The summed E-state index contributed by atoms with van der Waals surface area (Å²) >= 11 is 0. The predicted octanol–water partition coefficient (Wildman–Crippen LogP) is 4.61. The van der Waals surface area contributed by atoms with Gasteiger partial charge in [0.2, 0.25) is 0 Å². The standard InChI is InChI=1S/C19H24F2O2/c1-19-10-12-5-2-3-8-17(23-19)13(12)9-18(19)22-11-14-15(20)6-4-7-16(14)21/h4,6-7,12-13,17-18H,2-3,5,8-11H2,1H3/t12-,13?,17-,18+,19+/m1/s1. The highest BCUT2D eigenvalue weighted by molar-refractivity contribution is 5.19. The molecule has 23 heavy (non-hydrogen) atoms. The number of halogens is 2. The number of ether oxygens (including phenoxy) is 2. The van der Waals surface area contributed by atoms with Gasteiger partial charge in [0.1, 0.15) is 11.6 Å². The lowest BCUT2D eigenvalue weighted by atomic mass is 9.65. The summed E-state index contributed by atoms with van der Waals surface area (Å²) < 4.78 is 39.9. The summed E-state index contributed by atoms with van der Waals surface area (Å²) in [7, 11) is 0. The summed E-state index contributed by atoms with van der Waals surface area (Å²) in [5.41, 5.74) is -0.286. The monoisotopic (exact) mass is 322 g/mol. The predicted molar refractivity (Wildman–Crippen MR) is 82.9 cm³/mol. The van der Waals surface area contributed by atoms with Crippen molar-refractivity contribution in [1.82, 2.24) is 0 Å². The van der Waals surface area contributed by atoms with Crippen LogP contribution in [0, 0.1) is 23.5 Å². The van der Waals surface area contributed by atoms with Crippen molar-refractivity contribution in [2.75, 3.05) is 0 Å². The van der Waals surface area contributed by atoms with Gasteiger partial charge in [-0.2, -0.15) is 0 Å². The Labute approximate surface area is 136 Å². The van der Waals surface area contributed by atoms with Crippen molar-refractivity contribution >= 4 is 0 Å². The van der Waals surface area contributed by atoms with E-state index in [0.717, 1.165) is 25.2 Å². The molecule has 4 aliphatic rings. The van der Waals surface area contributed by atoms with Gasteiger partial charge in [-0.05, 0) is 56.6 Å². The summed E-state index contributed by atoms with van der Waals surface area (Å²) in [5.74, 6) is 0.206. The van der Waals surface area contributed by atoms with Gasteiger partial charge in [-0.25, -0.2) is 8.78 Å². The molecule has 2 nitrogen and oxygen atoms in total. The summed E-state index contributed by atoms with van der Waals surface area (Å²) in [6.07, 6.45) is 7.23. The van der Waals surface area contributed by atoms with Crippen LogP contribution in [0.5, 0.6) is 0 Å². The van der Waals surface area contributed by atoms with Crippen LogP contribution in [0.25, 0.3) is 0 Å². The molecule has 2 saturated carbocycles. The second kappa shape index (κ2) is 5.82. The lowest BCUT2D eigenvalue weighted by Crippen LogP contribution is -2.60. The molecule has 2 aliphatic carbocycles. The second-order valence-electron chi connectivity index (χ2n) is 7.62. The molecule has 4 heteroatoms. The van der Waals surface area contributed by atoms with Gasteiger partial charge in [0, 0.05) is 5.56 Å². The average molecular weight is 322 g/mol. The highest BCUT2D eigenvalue weighted by Gasteiger charge is 2.55. The van der Waals surface area contributed by atoms with E-state index in [2.05, 4.69) is 6.92 Å². The lowest BCUT2D eigenvalue weighted by Gasteiger charge is -2.56. The topological polar surface area (TPSA) is 18.5 Å². The Morgan fingerprint density at radius 2 is 1.96 bits per heavy atom. The molecule has 0 N–H and O–H groups in total. The molecule has 4 bridgehead atoms. The minimum absolute atomic E-state index is 0.0231. The van der Waals surface area contributed by atoms with E-state index in [1.165, 1.54) is 37.5 Å². The molecule has 0 aromatic heterocycles. The minimum atomic E-state index is -0.536. The van der Waals surface area contributed by atoms with Crippen molar-refractivity contribution in [2.24, 2.45) is 11.8 Å². The molecular formula is C19H24F2O2. The highest BCUT2D eigenvalue weighted by atomic mass is 19.1. The van der Waals surface area contributed by atoms with Crippen molar-refractivity contribution in [1.29, 1.82) is 0 Å². The van der Waals surface area contributed by atoms with E-state index in [9.17, 15) is 8.78 Å². The van der Waals surface area contributed by atoms with Crippen LogP contribution in [0.3, 0.4) is 0 Å². The molecule has 1 aromatic carbocycles. The fourth-order valence-electron chi connectivity index (χ4n) is 4.94. The molecule has 1 aromatic rings. The number of fused-ring (bicyclic) bond motifs is 1. The van der Waals surface area contributed by atoms with E-state index in [1.807, 2.05) is 0 Å². The zero-order valence-corrected chi connectivity index (χ0v) is 13.6.